The number of nitrogens with zero attached hydrogens (tertiary/aromatic N) is 2. The Hall–Kier alpha value is -1.61. The van der Waals surface area contributed by atoms with Gasteiger partial charge in [-0.3, -0.25) is 4.68 Å². The predicted molar refractivity (Wildman–Crippen MR) is 77.1 cm³/mol. The van der Waals surface area contributed by atoms with Crippen LogP contribution in [0.4, 0.5) is 0 Å². The van der Waals surface area contributed by atoms with Gasteiger partial charge in [-0.2, -0.15) is 5.10 Å². The van der Waals surface area contributed by atoms with Crippen molar-refractivity contribution in [3.63, 3.8) is 0 Å². The van der Waals surface area contributed by atoms with Gasteiger partial charge in [-0.05, 0) is 42.0 Å². The van der Waals surface area contributed by atoms with E-state index in [-0.39, 0.29) is 0 Å². The van der Waals surface area contributed by atoms with Crippen molar-refractivity contribution in [2.75, 3.05) is 6.54 Å². The fourth-order valence-electron chi connectivity index (χ4n) is 2.78. The zero-order valence-corrected chi connectivity index (χ0v) is 11.5. The number of hydrogen-bond acceptors (Lipinski definition) is 2. The van der Waals surface area contributed by atoms with Crippen LogP contribution >= 0.6 is 0 Å². The maximum atomic E-state index is 4.38. The summed E-state index contributed by atoms with van der Waals surface area (Å²) in [5.74, 6) is 0. The molecule has 19 heavy (non-hydrogen) atoms. The minimum atomic E-state index is 0.958. The van der Waals surface area contributed by atoms with Gasteiger partial charge in [-0.25, -0.2) is 0 Å². The Bertz CT molecular complexity index is 557. The number of benzene rings is 1. The van der Waals surface area contributed by atoms with E-state index in [1.807, 2.05) is 17.9 Å². The minimum absolute atomic E-state index is 0.958. The number of aromatic nitrogens is 2. The van der Waals surface area contributed by atoms with Gasteiger partial charge in [0, 0.05) is 32.8 Å². The molecule has 0 bridgehead atoms. The molecule has 1 heterocycles. The summed E-state index contributed by atoms with van der Waals surface area (Å²) < 4.78 is 1.86. The highest BCUT2D eigenvalue weighted by molar-refractivity contribution is 5.35. The third kappa shape index (κ3) is 3.04. The van der Waals surface area contributed by atoms with Crippen LogP contribution in [-0.4, -0.2) is 16.3 Å². The summed E-state index contributed by atoms with van der Waals surface area (Å²) >= 11 is 0. The Morgan fingerprint density at radius 1 is 1.21 bits per heavy atom. The van der Waals surface area contributed by atoms with Crippen LogP contribution in [0.5, 0.6) is 0 Å². The van der Waals surface area contributed by atoms with Crippen LogP contribution in [0.2, 0.25) is 0 Å². The van der Waals surface area contributed by atoms with Crippen molar-refractivity contribution in [2.24, 2.45) is 7.05 Å². The van der Waals surface area contributed by atoms with Gasteiger partial charge in [0.05, 0.1) is 5.69 Å². The molecule has 0 fully saturated rings. The molecular formula is C16H21N3. The summed E-state index contributed by atoms with van der Waals surface area (Å²) in [4.78, 5) is 0. The van der Waals surface area contributed by atoms with Crippen LogP contribution in [0.25, 0.3) is 0 Å². The molecule has 0 radical (unpaired) electrons. The van der Waals surface area contributed by atoms with Crippen LogP contribution in [-0.2, 0) is 32.9 Å². The number of aryl methyl sites for hydroxylation is 3. The van der Waals surface area contributed by atoms with E-state index in [9.17, 15) is 0 Å². The van der Waals surface area contributed by atoms with Crippen LogP contribution in [0.15, 0.2) is 30.5 Å². The van der Waals surface area contributed by atoms with Crippen molar-refractivity contribution in [3.8, 4) is 0 Å². The lowest BCUT2D eigenvalue weighted by molar-refractivity contribution is 0.665. The molecule has 3 nitrogen and oxygen atoms in total. The second kappa shape index (κ2) is 5.57. The Morgan fingerprint density at radius 3 is 2.95 bits per heavy atom. The smallest absolute Gasteiger partial charge is 0.0637 e. The van der Waals surface area contributed by atoms with Crippen LogP contribution in [0, 0.1) is 0 Å². The lowest BCUT2D eigenvalue weighted by Gasteiger charge is -2.06. The van der Waals surface area contributed by atoms with Gasteiger partial charge in [0.1, 0.15) is 0 Å². The highest BCUT2D eigenvalue weighted by atomic mass is 15.2. The molecule has 1 N–H and O–H groups in total. The Kier molecular flexibility index (Phi) is 3.65. The zero-order valence-electron chi connectivity index (χ0n) is 11.5. The summed E-state index contributed by atoms with van der Waals surface area (Å²) in [6.07, 6.45) is 6.84. The molecule has 0 saturated carbocycles. The molecule has 0 unspecified atom stereocenters. The van der Waals surface area contributed by atoms with E-state index in [0.29, 0.717) is 0 Å². The molecule has 0 amide bonds. The van der Waals surface area contributed by atoms with E-state index in [4.69, 9.17) is 0 Å². The minimum Gasteiger partial charge on any atom is -0.312 e. The number of nitrogens with one attached hydrogen (secondary N) is 1. The fourth-order valence-corrected chi connectivity index (χ4v) is 2.78. The van der Waals surface area contributed by atoms with E-state index in [1.165, 1.54) is 24.8 Å². The first kappa shape index (κ1) is 12.4. The van der Waals surface area contributed by atoms with Gasteiger partial charge in [0.25, 0.3) is 0 Å². The van der Waals surface area contributed by atoms with Crippen molar-refractivity contribution in [1.29, 1.82) is 0 Å². The molecule has 3 heteroatoms. The topological polar surface area (TPSA) is 29.9 Å². The standard InChI is InChI=1S/C16H21N3/c1-19-10-8-16(18-19)7-9-17-12-13-5-6-14-3-2-4-15(14)11-13/h5-6,8,10-11,17H,2-4,7,9,12H2,1H3. The molecule has 3 rings (SSSR count). The average Bonchev–Trinajstić information content (AvgIpc) is 3.03. The van der Waals surface area contributed by atoms with Crippen LogP contribution < -0.4 is 5.32 Å². The number of fused-ring (bicyclic) bond motifs is 1. The van der Waals surface area contributed by atoms with Crippen molar-refractivity contribution < 1.29 is 0 Å². The molecule has 0 spiro atoms. The summed E-state index contributed by atoms with van der Waals surface area (Å²) in [5.41, 5.74) is 5.67. The van der Waals surface area contributed by atoms with Gasteiger partial charge in [0.2, 0.25) is 0 Å². The first-order chi connectivity index (χ1) is 9.31. The maximum Gasteiger partial charge on any atom is 0.0637 e. The van der Waals surface area contributed by atoms with Gasteiger partial charge in [-0.1, -0.05) is 18.2 Å². The second-order valence-corrected chi connectivity index (χ2v) is 5.36. The Morgan fingerprint density at radius 2 is 2.11 bits per heavy atom. The zero-order chi connectivity index (χ0) is 13.1. The SMILES string of the molecule is Cn1ccc(CCNCc2ccc3c(c2)CCC3)n1. The monoisotopic (exact) mass is 255 g/mol. The van der Waals surface area contributed by atoms with Crippen LogP contribution in [0.1, 0.15) is 28.8 Å². The van der Waals surface area contributed by atoms with Gasteiger partial charge in [-0.15, -0.1) is 0 Å². The summed E-state index contributed by atoms with van der Waals surface area (Å²) in [6, 6.07) is 9.02. The Balaban J connectivity index is 1.47. The summed E-state index contributed by atoms with van der Waals surface area (Å²) in [6.45, 7) is 1.94. The molecule has 100 valence electrons. The van der Waals surface area contributed by atoms with Crippen LogP contribution in [0.3, 0.4) is 0 Å². The van der Waals surface area contributed by atoms with E-state index >= 15 is 0 Å². The van der Waals surface area contributed by atoms with E-state index in [2.05, 4.69) is 34.7 Å². The number of hydrogen-bond donors (Lipinski definition) is 1. The quantitative estimate of drug-likeness (QED) is 0.830. The fraction of sp³-hybridized carbons (Fsp3) is 0.438. The van der Waals surface area contributed by atoms with Crippen molar-refractivity contribution in [3.05, 3.63) is 52.8 Å². The molecule has 1 aromatic carbocycles. The number of rotatable bonds is 5. The summed E-state index contributed by atoms with van der Waals surface area (Å²) in [7, 11) is 1.96. The Labute approximate surface area is 114 Å². The molecule has 1 aromatic heterocycles. The molecule has 1 aliphatic rings. The second-order valence-electron chi connectivity index (χ2n) is 5.36. The highest BCUT2D eigenvalue weighted by Crippen LogP contribution is 2.22. The first-order valence-corrected chi connectivity index (χ1v) is 7.11. The molecule has 1 aliphatic carbocycles. The van der Waals surface area contributed by atoms with Gasteiger partial charge in [0.15, 0.2) is 0 Å². The van der Waals surface area contributed by atoms with E-state index < -0.39 is 0 Å². The average molecular weight is 255 g/mol. The van der Waals surface area contributed by atoms with Gasteiger partial charge < -0.3 is 5.32 Å². The van der Waals surface area contributed by atoms with Crippen molar-refractivity contribution in [1.82, 2.24) is 15.1 Å². The lowest BCUT2D eigenvalue weighted by atomic mass is 10.1. The van der Waals surface area contributed by atoms with E-state index in [1.54, 1.807) is 11.1 Å². The van der Waals surface area contributed by atoms with Crippen molar-refractivity contribution in [2.45, 2.75) is 32.2 Å². The van der Waals surface area contributed by atoms with Gasteiger partial charge >= 0.3 is 0 Å². The first-order valence-electron chi connectivity index (χ1n) is 7.11. The van der Waals surface area contributed by atoms with Crippen molar-refractivity contribution >= 4 is 0 Å². The predicted octanol–water partition coefficient (Wildman–Crippen LogP) is 2.24. The molecule has 0 aliphatic heterocycles. The third-order valence-corrected chi connectivity index (χ3v) is 3.82. The third-order valence-electron chi connectivity index (χ3n) is 3.82. The maximum absolute atomic E-state index is 4.38. The molecule has 0 atom stereocenters. The molecule has 0 saturated heterocycles. The summed E-state index contributed by atoms with van der Waals surface area (Å²) in [5, 5.41) is 7.88. The van der Waals surface area contributed by atoms with E-state index in [0.717, 1.165) is 25.2 Å². The largest absolute Gasteiger partial charge is 0.312 e. The highest BCUT2D eigenvalue weighted by Gasteiger charge is 2.10. The normalized spacial score (nSPS) is 13.7. The molecule has 2 aromatic rings. The molecular weight excluding hydrogens is 234 g/mol. The lowest BCUT2D eigenvalue weighted by Crippen LogP contribution is -2.17.